The zero-order valence-corrected chi connectivity index (χ0v) is 11.2. The van der Waals surface area contributed by atoms with Gasteiger partial charge in [-0.3, -0.25) is 9.59 Å². The molecule has 0 aromatic heterocycles. The van der Waals surface area contributed by atoms with Gasteiger partial charge in [-0.05, 0) is 33.6 Å². The summed E-state index contributed by atoms with van der Waals surface area (Å²) in [6.07, 6.45) is 1.05. The van der Waals surface area contributed by atoms with Crippen molar-refractivity contribution in [3.05, 3.63) is 0 Å². The van der Waals surface area contributed by atoms with Gasteiger partial charge in [0.05, 0.1) is 11.7 Å². The highest BCUT2D eigenvalue weighted by molar-refractivity contribution is 5.67. The second-order valence-electron chi connectivity index (χ2n) is 4.86. The Labute approximate surface area is 107 Å². The molecule has 6 nitrogen and oxygen atoms in total. The van der Waals surface area contributed by atoms with Crippen LogP contribution >= 0.6 is 0 Å². The number of hydrogen-bond acceptors (Lipinski definition) is 4. The van der Waals surface area contributed by atoms with Crippen LogP contribution in [0.3, 0.4) is 0 Å². The Kier molecular flexibility index (Phi) is 10.5. The van der Waals surface area contributed by atoms with Crippen LogP contribution in [-0.2, 0) is 9.59 Å². The van der Waals surface area contributed by atoms with Crippen molar-refractivity contribution in [2.75, 3.05) is 0 Å². The molecule has 18 heavy (non-hydrogen) atoms. The van der Waals surface area contributed by atoms with Gasteiger partial charge in [0, 0.05) is 19.3 Å². The van der Waals surface area contributed by atoms with Crippen LogP contribution in [0.5, 0.6) is 0 Å². The van der Waals surface area contributed by atoms with Crippen molar-refractivity contribution in [2.24, 2.45) is 0 Å². The predicted octanol–water partition coefficient (Wildman–Crippen LogP) is 1.24. The summed E-state index contributed by atoms with van der Waals surface area (Å²) in [6, 6.07) is 0. The van der Waals surface area contributed by atoms with Crippen molar-refractivity contribution in [3.63, 3.8) is 0 Å². The molecule has 4 N–H and O–H groups in total. The fourth-order valence-corrected chi connectivity index (χ4v) is 1.28. The van der Waals surface area contributed by atoms with Gasteiger partial charge in [0.15, 0.2) is 0 Å². The minimum absolute atomic E-state index is 0.0628. The van der Waals surface area contributed by atoms with Crippen molar-refractivity contribution >= 4 is 11.9 Å². The van der Waals surface area contributed by atoms with E-state index >= 15 is 0 Å². The van der Waals surface area contributed by atoms with Crippen molar-refractivity contribution < 1.29 is 30.0 Å². The highest BCUT2D eigenvalue weighted by atomic mass is 16.4. The topological polar surface area (TPSA) is 115 Å². The van der Waals surface area contributed by atoms with Crippen LogP contribution in [0.4, 0.5) is 0 Å². The van der Waals surface area contributed by atoms with Crippen LogP contribution in [0, 0.1) is 0 Å². The van der Waals surface area contributed by atoms with Crippen LogP contribution in [0.1, 0.15) is 52.9 Å². The molecule has 0 radical (unpaired) electrons. The van der Waals surface area contributed by atoms with E-state index in [-0.39, 0.29) is 12.8 Å². The van der Waals surface area contributed by atoms with Gasteiger partial charge in [-0.1, -0.05) is 0 Å². The van der Waals surface area contributed by atoms with Gasteiger partial charge in [-0.2, -0.15) is 0 Å². The van der Waals surface area contributed by atoms with E-state index in [4.69, 9.17) is 20.4 Å². The van der Waals surface area contributed by atoms with E-state index in [9.17, 15) is 9.59 Å². The van der Waals surface area contributed by atoms with E-state index in [2.05, 4.69) is 0 Å². The maximum Gasteiger partial charge on any atom is 0.303 e. The minimum atomic E-state index is -0.870. The summed E-state index contributed by atoms with van der Waals surface area (Å²) in [5.74, 6) is -1.74. The molecule has 108 valence electrons. The lowest BCUT2D eigenvalue weighted by atomic mass is 10.0. The largest absolute Gasteiger partial charge is 0.481 e. The number of aliphatic hydroxyl groups excluding tert-OH is 1. The molecule has 0 aliphatic heterocycles. The quantitative estimate of drug-likeness (QED) is 0.514. The molecule has 0 fully saturated rings. The van der Waals surface area contributed by atoms with Crippen LogP contribution in [0.25, 0.3) is 0 Å². The summed E-state index contributed by atoms with van der Waals surface area (Å²) in [6.45, 7) is 5.03. The van der Waals surface area contributed by atoms with Crippen molar-refractivity contribution in [1.29, 1.82) is 0 Å². The monoisotopic (exact) mass is 264 g/mol. The maximum absolute atomic E-state index is 9.90. The van der Waals surface area contributed by atoms with Crippen LogP contribution in [-0.4, -0.2) is 44.1 Å². The third-order valence-electron chi connectivity index (χ3n) is 1.83. The molecule has 0 spiro atoms. The highest BCUT2D eigenvalue weighted by Crippen LogP contribution is 2.09. The lowest BCUT2D eigenvalue weighted by molar-refractivity contribution is -0.139. The standard InChI is InChI=1S/C6H10O4.C6H14O2/c7-5(8)3-1-2-4-6(9)10;1-5(7)4-6(2,3)8/h1-4H2,(H,7,8)(H,9,10);5,7-8H,4H2,1-3H3. The molecule has 0 aliphatic rings. The number of aliphatic hydroxyl groups is 2. The van der Waals surface area contributed by atoms with Crippen LogP contribution < -0.4 is 0 Å². The normalized spacial score (nSPS) is 12.3. The zero-order chi connectivity index (χ0) is 14.8. The molecule has 1 unspecified atom stereocenters. The lowest BCUT2D eigenvalue weighted by Gasteiger charge is -2.17. The van der Waals surface area contributed by atoms with Gasteiger partial charge in [-0.15, -0.1) is 0 Å². The maximum atomic E-state index is 9.90. The molecular weight excluding hydrogens is 240 g/mol. The second-order valence-corrected chi connectivity index (χ2v) is 4.86. The molecular formula is C12H24O6. The first-order valence-corrected chi connectivity index (χ1v) is 5.88. The van der Waals surface area contributed by atoms with Gasteiger partial charge in [0.2, 0.25) is 0 Å². The zero-order valence-electron chi connectivity index (χ0n) is 11.2. The SMILES string of the molecule is CC(O)CC(C)(C)O.O=C(O)CCCCC(=O)O. The van der Waals surface area contributed by atoms with E-state index < -0.39 is 23.6 Å². The Hall–Kier alpha value is -1.14. The van der Waals surface area contributed by atoms with Crippen LogP contribution in [0.2, 0.25) is 0 Å². The summed E-state index contributed by atoms with van der Waals surface area (Å²) in [5.41, 5.74) is -0.728. The first kappa shape index (κ1) is 19.2. The Morgan fingerprint density at radius 1 is 1.06 bits per heavy atom. The van der Waals surface area contributed by atoms with Gasteiger partial charge < -0.3 is 20.4 Å². The van der Waals surface area contributed by atoms with Gasteiger partial charge in [0.25, 0.3) is 0 Å². The summed E-state index contributed by atoms with van der Waals surface area (Å²) >= 11 is 0. The summed E-state index contributed by atoms with van der Waals surface area (Å²) in [4.78, 5) is 19.8. The van der Waals surface area contributed by atoms with E-state index in [0.717, 1.165) is 0 Å². The first-order valence-electron chi connectivity index (χ1n) is 5.88. The van der Waals surface area contributed by atoms with E-state index in [1.54, 1.807) is 20.8 Å². The fraction of sp³-hybridized carbons (Fsp3) is 0.833. The van der Waals surface area contributed by atoms with Gasteiger partial charge in [-0.25, -0.2) is 0 Å². The second kappa shape index (κ2) is 9.85. The Morgan fingerprint density at radius 2 is 1.39 bits per heavy atom. The highest BCUT2D eigenvalue weighted by Gasteiger charge is 2.14. The molecule has 0 aliphatic carbocycles. The van der Waals surface area contributed by atoms with E-state index in [0.29, 0.717) is 19.3 Å². The molecule has 0 saturated heterocycles. The average Bonchev–Trinajstić information content (AvgIpc) is 2.08. The van der Waals surface area contributed by atoms with E-state index in [1.807, 2.05) is 0 Å². The van der Waals surface area contributed by atoms with Crippen molar-refractivity contribution in [3.8, 4) is 0 Å². The smallest absolute Gasteiger partial charge is 0.303 e. The number of carboxylic acid groups (broad SMARTS) is 2. The van der Waals surface area contributed by atoms with Crippen LogP contribution in [0.15, 0.2) is 0 Å². The third-order valence-corrected chi connectivity index (χ3v) is 1.83. The third kappa shape index (κ3) is 24.2. The molecule has 6 heteroatoms. The van der Waals surface area contributed by atoms with Gasteiger partial charge >= 0.3 is 11.9 Å². The Bertz CT molecular complexity index is 225. The van der Waals surface area contributed by atoms with E-state index in [1.165, 1.54) is 0 Å². The molecule has 0 rings (SSSR count). The Balaban J connectivity index is 0. The molecule has 0 aromatic rings. The van der Waals surface area contributed by atoms with Crippen molar-refractivity contribution in [2.45, 2.75) is 64.6 Å². The average molecular weight is 264 g/mol. The molecule has 0 saturated carbocycles. The van der Waals surface area contributed by atoms with Crippen molar-refractivity contribution in [1.82, 2.24) is 0 Å². The molecule has 1 atom stereocenters. The first-order chi connectivity index (χ1) is 8.04. The number of carbonyl (C=O) groups is 2. The minimum Gasteiger partial charge on any atom is -0.481 e. The lowest BCUT2D eigenvalue weighted by Crippen LogP contribution is -2.24. The summed E-state index contributed by atoms with van der Waals surface area (Å²) in [5, 5.41) is 34.0. The summed E-state index contributed by atoms with van der Waals surface area (Å²) in [7, 11) is 0. The molecule has 0 aromatic carbocycles. The molecule has 0 heterocycles. The number of carboxylic acids is 2. The number of rotatable bonds is 7. The predicted molar refractivity (Wildman–Crippen MR) is 66.3 cm³/mol. The fourth-order valence-electron chi connectivity index (χ4n) is 1.28. The number of aliphatic carboxylic acids is 2. The summed E-state index contributed by atoms with van der Waals surface area (Å²) < 4.78 is 0. The van der Waals surface area contributed by atoms with Gasteiger partial charge in [0.1, 0.15) is 0 Å². The Morgan fingerprint density at radius 3 is 1.50 bits per heavy atom. The molecule has 0 bridgehead atoms. The molecule has 0 amide bonds. The number of unbranched alkanes of at least 4 members (excludes halogenated alkanes) is 1. The number of hydrogen-bond donors (Lipinski definition) is 4.